The molecule has 0 bridgehead atoms. The Labute approximate surface area is 83.9 Å². The molecular weight excluding hydrogens is 215 g/mol. The molecule has 76 valence electrons. The summed E-state index contributed by atoms with van der Waals surface area (Å²) in [5, 5.41) is 2.74. The second kappa shape index (κ2) is 3.14. The van der Waals surface area contributed by atoms with Crippen LogP contribution in [0.25, 0.3) is 0 Å². The molecular formula is C9H7ClF3N. The molecule has 1 aliphatic heterocycles. The third-order valence-corrected chi connectivity index (χ3v) is 2.48. The number of rotatable bonds is 0. The number of hydrogen-bond acceptors (Lipinski definition) is 1. The van der Waals surface area contributed by atoms with Crippen LogP contribution >= 0.6 is 11.6 Å². The van der Waals surface area contributed by atoms with Crippen molar-refractivity contribution in [3.63, 3.8) is 0 Å². The maximum Gasteiger partial charge on any atom is 0.407 e. The van der Waals surface area contributed by atoms with Crippen molar-refractivity contribution in [2.24, 2.45) is 0 Å². The second-order valence-electron chi connectivity index (χ2n) is 3.20. The van der Waals surface area contributed by atoms with E-state index in [9.17, 15) is 13.2 Å². The summed E-state index contributed by atoms with van der Waals surface area (Å²) < 4.78 is 37.4. The van der Waals surface area contributed by atoms with Crippen LogP contribution in [0.2, 0.25) is 5.02 Å². The van der Waals surface area contributed by atoms with Gasteiger partial charge in [-0.15, -0.1) is 0 Å². The molecule has 1 atom stereocenters. The lowest BCUT2D eigenvalue weighted by Crippen LogP contribution is -2.28. The van der Waals surface area contributed by atoms with Gasteiger partial charge in [0.05, 0.1) is 0 Å². The first kappa shape index (κ1) is 9.80. The van der Waals surface area contributed by atoms with Crippen LogP contribution in [-0.2, 0) is 6.54 Å². The minimum Gasteiger partial charge on any atom is -0.298 e. The summed E-state index contributed by atoms with van der Waals surface area (Å²) in [5.41, 5.74) is 0.904. The Bertz CT molecular complexity index is 362. The number of nitrogens with one attached hydrogen (secondary N) is 1. The summed E-state index contributed by atoms with van der Waals surface area (Å²) >= 11 is 5.64. The van der Waals surface area contributed by atoms with Crippen molar-refractivity contribution < 1.29 is 13.2 Å². The minimum atomic E-state index is -4.25. The fourth-order valence-corrected chi connectivity index (χ4v) is 1.79. The lowest BCUT2D eigenvalue weighted by molar-refractivity contribution is -0.155. The molecule has 0 aromatic heterocycles. The molecule has 1 nitrogen and oxygen atoms in total. The lowest BCUT2D eigenvalue weighted by atomic mass is 10.1. The van der Waals surface area contributed by atoms with Crippen molar-refractivity contribution >= 4 is 11.6 Å². The number of hydrogen-bond donors (Lipinski definition) is 1. The molecule has 0 amide bonds. The van der Waals surface area contributed by atoms with E-state index in [1.54, 1.807) is 12.1 Å². The zero-order valence-electron chi connectivity index (χ0n) is 7.03. The summed E-state index contributed by atoms with van der Waals surface area (Å²) in [7, 11) is 0. The SMILES string of the molecule is FC(F)(F)[C@H]1NCc2ccc(Cl)cc21. The predicted octanol–water partition coefficient (Wildman–Crippen LogP) is 3.05. The summed E-state index contributed by atoms with van der Waals surface area (Å²) in [4.78, 5) is 0. The van der Waals surface area contributed by atoms with Gasteiger partial charge in [0.1, 0.15) is 6.04 Å². The molecule has 2 rings (SSSR count). The Hall–Kier alpha value is -0.740. The van der Waals surface area contributed by atoms with Crippen molar-refractivity contribution in [2.75, 3.05) is 0 Å². The van der Waals surface area contributed by atoms with E-state index in [4.69, 9.17) is 11.6 Å². The van der Waals surface area contributed by atoms with Crippen LogP contribution in [0.5, 0.6) is 0 Å². The van der Waals surface area contributed by atoms with Gasteiger partial charge in [-0.25, -0.2) is 0 Å². The van der Waals surface area contributed by atoms with Gasteiger partial charge in [0, 0.05) is 11.6 Å². The molecule has 0 radical (unpaired) electrons. The van der Waals surface area contributed by atoms with Gasteiger partial charge < -0.3 is 0 Å². The van der Waals surface area contributed by atoms with Crippen molar-refractivity contribution in [1.29, 1.82) is 0 Å². The molecule has 0 fully saturated rings. The third-order valence-electron chi connectivity index (χ3n) is 2.24. The predicted molar refractivity (Wildman–Crippen MR) is 47.1 cm³/mol. The highest BCUT2D eigenvalue weighted by Crippen LogP contribution is 2.39. The second-order valence-corrected chi connectivity index (χ2v) is 3.64. The molecule has 1 N–H and O–H groups in total. The van der Waals surface area contributed by atoms with E-state index >= 15 is 0 Å². The summed E-state index contributed by atoms with van der Waals surface area (Å²) in [6, 6.07) is 3.02. The van der Waals surface area contributed by atoms with E-state index in [1.165, 1.54) is 6.07 Å². The maximum atomic E-state index is 12.5. The smallest absolute Gasteiger partial charge is 0.298 e. The molecule has 5 heteroatoms. The molecule has 1 aliphatic rings. The zero-order chi connectivity index (χ0) is 10.3. The van der Waals surface area contributed by atoms with E-state index in [0.717, 1.165) is 0 Å². The van der Waals surface area contributed by atoms with Crippen LogP contribution in [0.15, 0.2) is 18.2 Å². The Kier molecular flexibility index (Phi) is 2.20. The van der Waals surface area contributed by atoms with Gasteiger partial charge in [-0.1, -0.05) is 17.7 Å². The lowest BCUT2D eigenvalue weighted by Gasteiger charge is -2.15. The fraction of sp³-hybridized carbons (Fsp3) is 0.333. The Morgan fingerprint density at radius 2 is 2.07 bits per heavy atom. The molecule has 0 unspecified atom stereocenters. The Balaban J connectivity index is 2.43. The largest absolute Gasteiger partial charge is 0.407 e. The molecule has 1 aromatic carbocycles. The maximum absolute atomic E-state index is 12.5. The number of halogens is 4. The van der Waals surface area contributed by atoms with Crippen molar-refractivity contribution in [3.05, 3.63) is 34.3 Å². The van der Waals surface area contributed by atoms with Crippen LogP contribution < -0.4 is 5.32 Å². The monoisotopic (exact) mass is 221 g/mol. The van der Waals surface area contributed by atoms with Gasteiger partial charge in [0.2, 0.25) is 0 Å². The van der Waals surface area contributed by atoms with Crippen molar-refractivity contribution in [2.45, 2.75) is 18.8 Å². The normalized spacial score (nSPS) is 21.0. The zero-order valence-corrected chi connectivity index (χ0v) is 7.78. The highest BCUT2D eigenvalue weighted by atomic mass is 35.5. The van der Waals surface area contributed by atoms with Crippen LogP contribution in [-0.4, -0.2) is 6.18 Å². The number of alkyl halides is 3. The third kappa shape index (κ3) is 1.60. The number of benzene rings is 1. The first-order valence-corrected chi connectivity index (χ1v) is 4.45. The van der Waals surface area contributed by atoms with Gasteiger partial charge in [0.25, 0.3) is 0 Å². The van der Waals surface area contributed by atoms with Crippen molar-refractivity contribution in [3.8, 4) is 0 Å². The van der Waals surface area contributed by atoms with E-state index in [0.29, 0.717) is 10.6 Å². The van der Waals surface area contributed by atoms with Gasteiger partial charge >= 0.3 is 6.18 Å². The van der Waals surface area contributed by atoms with E-state index in [2.05, 4.69) is 5.32 Å². The topological polar surface area (TPSA) is 12.0 Å². The van der Waals surface area contributed by atoms with Gasteiger partial charge in [-0.05, 0) is 23.3 Å². The molecule has 14 heavy (non-hydrogen) atoms. The molecule has 1 heterocycles. The summed E-state index contributed by atoms with van der Waals surface area (Å²) in [6.07, 6.45) is -4.25. The molecule has 0 spiro atoms. The Morgan fingerprint density at radius 1 is 1.36 bits per heavy atom. The number of fused-ring (bicyclic) bond motifs is 1. The van der Waals surface area contributed by atoms with Crippen LogP contribution in [0, 0.1) is 0 Å². The van der Waals surface area contributed by atoms with E-state index in [1.807, 2.05) is 0 Å². The first-order valence-electron chi connectivity index (χ1n) is 4.07. The van der Waals surface area contributed by atoms with Crippen LogP contribution in [0.4, 0.5) is 13.2 Å². The average Bonchev–Trinajstić information content (AvgIpc) is 2.45. The highest BCUT2D eigenvalue weighted by molar-refractivity contribution is 6.30. The standard InChI is InChI=1S/C9H7ClF3N/c10-6-2-1-5-4-14-8(7(5)3-6)9(11,12)13/h1-3,8,14H,4H2/t8-/m0/s1. The molecule has 0 saturated carbocycles. The fourth-order valence-electron chi connectivity index (χ4n) is 1.61. The molecule has 1 aromatic rings. The Morgan fingerprint density at radius 3 is 2.71 bits per heavy atom. The van der Waals surface area contributed by atoms with Gasteiger partial charge in [0.15, 0.2) is 0 Å². The van der Waals surface area contributed by atoms with E-state index in [-0.39, 0.29) is 12.1 Å². The molecule has 0 aliphatic carbocycles. The van der Waals surface area contributed by atoms with Crippen LogP contribution in [0.3, 0.4) is 0 Å². The van der Waals surface area contributed by atoms with Crippen LogP contribution in [0.1, 0.15) is 17.2 Å². The first-order chi connectivity index (χ1) is 6.48. The minimum absolute atomic E-state index is 0.241. The van der Waals surface area contributed by atoms with Gasteiger partial charge in [-0.2, -0.15) is 13.2 Å². The van der Waals surface area contributed by atoms with Crippen molar-refractivity contribution in [1.82, 2.24) is 5.32 Å². The highest BCUT2D eigenvalue weighted by Gasteiger charge is 2.44. The van der Waals surface area contributed by atoms with E-state index < -0.39 is 12.2 Å². The summed E-state index contributed by atoms with van der Waals surface area (Å²) in [6.45, 7) is 0.247. The quantitative estimate of drug-likeness (QED) is 0.710. The van der Waals surface area contributed by atoms with Gasteiger partial charge in [-0.3, -0.25) is 5.32 Å². The summed E-state index contributed by atoms with van der Waals surface area (Å²) in [5.74, 6) is 0. The molecule has 0 saturated heterocycles. The average molecular weight is 222 g/mol.